The Morgan fingerprint density at radius 1 is 1.20 bits per heavy atom. The van der Waals surface area contributed by atoms with Gasteiger partial charge in [-0.1, -0.05) is 0 Å². The van der Waals surface area contributed by atoms with Crippen LogP contribution in [0.3, 0.4) is 0 Å². The van der Waals surface area contributed by atoms with E-state index in [2.05, 4.69) is 15.5 Å². The summed E-state index contributed by atoms with van der Waals surface area (Å²) in [6.07, 6.45) is 9.34. The lowest BCUT2D eigenvalue weighted by molar-refractivity contribution is -0.122. The number of fused-ring (bicyclic) bond motifs is 1. The van der Waals surface area contributed by atoms with E-state index >= 15 is 0 Å². The smallest absolute Gasteiger partial charge is 0.220 e. The summed E-state index contributed by atoms with van der Waals surface area (Å²) in [5.41, 5.74) is 0. The maximum atomic E-state index is 12.1. The molecule has 3 fully saturated rings. The van der Waals surface area contributed by atoms with Crippen LogP contribution >= 0.6 is 0 Å². The third-order valence-corrected chi connectivity index (χ3v) is 5.36. The van der Waals surface area contributed by atoms with Crippen LogP contribution in [-0.2, 0) is 4.79 Å². The van der Waals surface area contributed by atoms with Crippen molar-refractivity contribution in [2.45, 2.75) is 63.5 Å². The van der Waals surface area contributed by atoms with E-state index in [1.54, 1.807) is 0 Å². The average Bonchev–Trinajstić information content (AvgIpc) is 2.94. The molecule has 114 valence electrons. The lowest BCUT2D eigenvalue weighted by atomic mass is 9.94. The van der Waals surface area contributed by atoms with Crippen molar-refractivity contribution >= 4 is 5.91 Å². The fourth-order valence-electron chi connectivity index (χ4n) is 4.16. The largest absolute Gasteiger partial charge is 0.353 e. The second-order valence-corrected chi connectivity index (χ2v) is 6.87. The molecule has 3 rings (SSSR count). The van der Waals surface area contributed by atoms with E-state index in [1.807, 2.05) is 0 Å². The first kappa shape index (κ1) is 14.3. The van der Waals surface area contributed by atoms with Crippen molar-refractivity contribution in [3.63, 3.8) is 0 Å². The van der Waals surface area contributed by atoms with E-state index in [9.17, 15) is 4.79 Å². The highest BCUT2D eigenvalue weighted by molar-refractivity contribution is 5.76. The average molecular weight is 279 g/mol. The molecule has 3 aliphatic heterocycles. The summed E-state index contributed by atoms with van der Waals surface area (Å²) < 4.78 is 0. The molecule has 3 atom stereocenters. The summed E-state index contributed by atoms with van der Waals surface area (Å²) in [7, 11) is 0. The monoisotopic (exact) mass is 279 g/mol. The van der Waals surface area contributed by atoms with Crippen molar-refractivity contribution in [3.8, 4) is 0 Å². The van der Waals surface area contributed by atoms with E-state index in [0.717, 1.165) is 38.4 Å². The number of nitrogens with zero attached hydrogens (tertiary/aromatic N) is 1. The molecule has 0 bridgehead atoms. The van der Waals surface area contributed by atoms with Gasteiger partial charge in [-0.15, -0.1) is 0 Å². The third kappa shape index (κ3) is 3.73. The standard InChI is InChI=1S/C16H29N3O/c20-16(6-5-13-3-1-8-17-12-13)18-14-7-10-19-9-2-4-15(19)11-14/h13-15,17H,1-12H2,(H,18,20). The van der Waals surface area contributed by atoms with Crippen LogP contribution < -0.4 is 10.6 Å². The molecule has 0 aromatic heterocycles. The summed E-state index contributed by atoms with van der Waals surface area (Å²) >= 11 is 0. The highest BCUT2D eigenvalue weighted by Crippen LogP contribution is 2.27. The van der Waals surface area contributed by atoms with Crippen LogP contribution in [0.1, 0.15) is 51.4 Å². The van der Waals surface area contributed by atoms with Crippen molar-refractivity contribution in [1.29, 1.82) is 0 Å². The van der Waals surface area contributed by atoms with Crippen LogP contribution in [0, 0.1) is 5.92 Å². The molecule has 3 unspecified atom stereocenters. The summed E-state index contributed by atoms with van der Waals surface area (Å²) in [6, 6.07) is 1.18. The highest BCUT2D eigenvalue weighted by atomic mass is 16.1. The molecule has 0 spiro atoms. The van der Waals surface area contributed by atoms with Crippen molar-refractivity contribution in [2.75, 3.05) is 26.2 Å². The Kier molecular flexibility index (Phi) is 4.94. The number of carbonyl (C=O) groups is 1. The number of carbonyl (C=O) groups excluding carboxylic acids is 1. The number of hydrogen-bond acceptors (Lipinski definition) is 3. The third-order valence-electron chi connectivity index (χ3n) is 5.36. The van der Waals surface area contributed by atoms with Gasteiger partial charge in [-0.3, -0.25) is 4.79 Å². The summed E-state index contributed by atoms with van der Waals surface area (Å²) in [5, 5.41) is 6.71. The van der Waals surface area contributed by atoms with Gasteiger partial charge in [-0.05, 0) is 70.5 Å². The summed E-state index contributed by atoms with van der Waals surface area (Å²) in [6.45, 7) is 4.72. The maximum absolute atomic E-state index is 12.1. The van der Waals surface area contributed by atoms with Gasteiger partial charge in [-0.2, -0.15) is 0 Å². The van der Waals surface area contributed by atoms with Gasteiger partial charge in [-0.25, -0.2) is 0 Å². The summed E-state index contributed by atoms with van der Waals surface area (Å²) in [4.78, 5) is 14.7. The van der Waals surface area contributed by atoms with Gasteiger partial charge in [0.1, 0.15) is 0 Å². The fourth-order valence-corrected chi connectivity index (χ4v) is 4.16. The molecular weight excluding hydrogens is 250 g/mol. The Morgan fingerprint density at radius 2 is 2.15 bits per heavy atom. The van der Waals surface area contributed by atoms with Gasteiger partial charge in [0, 0.05) is 25.0 Å². The molecule has 0 aromatic rings. The second-order valence-electron chi connectivity index (χ2n) is 6.87. The predicted molar refractivity (Wildman–Crippen MR) is 80.6 cm³/mol. The topological polar surface area (TPSA) is 44.4 Å². The number of amides is 1. The zero-order valence-corrected chi connectivity index (χ0v) is 12.6. The fraction of sp³-hybridized carbons (Fsp3) is 0.938. The number of piperidine rings is 2. The van der Waals surface area contributed by atoms with Crippen LogP contribution in [0.15, 0.2) is 0 Å². The van der Waals surface area contributed by atoms with Gasteiger partial charge >= 0.3 is 0 Å². The van der Waals surface area contributed by atoms with E-state index < -0.39 is 0 Å². The van der Waals surface area contributed by atoms with E-state index in [0.29, 0.717) is 12.0 Å². The SMILES string of the molecule is O=C(CCC1CCCNC1)NC1CCN2CCCC2C1. The molecule has 4 nitrogen and oxygen atoms in total. The number of nitrogens with one attached hydrogen (secondary N) is 2. The van der Waals surface area contributed by atoms with Gasteiger partial charge in [0.25, 0.3) is 0 Å². The van der Waals surface area contributed by atoms with Gasteiger partial charge in [0.05, 0.1) is 0 Å². The summed E-state index contributed by atoms with van der Waals surface area (Å²) in [5.74, 6) is 0.998. The van der Waals surface area contributed by atoms with Crippen LogP contribution in [0.25, 0.3) is 0 Å². The Morgan fingerprint density at radius 3 is 3.00 bits per heavy atom. The normalized spacial score (nSPS) is 34.7. The first-order chi connectivity index (χ1) is 9.81. The van der Waals surface area contributed by atoms with Crippen molar-refractivity contribution in [1.82, 2.24) is 15.5 Å². The first-order valence-electron chi connectivity index (χ1n) is 8.55. The van der Waals surface area contributed by atoms with E-state index in [1.165, 1.54) is 45.2 Å². The predicted octanol–water partition coefficient (Wildman–Crippen LogP) is 1.51. The molecule has 2 N–H and O–H groups in total. The molecule has 1 amide bonds. The number of hydrogen-bond donors (Lipinski definition) is 2. The molecule has 3 aliphatic rings. The Hall–Kier alpha value is -0.610. The lowest BCUT2D eigenvalue weighted by Crippen LogP contribution is -2.47. The van der Waals surface area contributed by atoms with Gasteiger partial charge < -0.3 is 15.5 Å². The Bertz CT molecular complexity index is 328. The molecule has 3 heterocycles. The molecule has 0 aromatic carbocycles. The van der Waals surface area contributed by atoms with Crippen molar-refractivity contribution in [3.05, 3.63) is 0 Å². The zero-order valence-electron chi connectivity index (χ0n) is 12.6. The number of rotatable bonds is 4. The molecule has 4 heteroatoms. The van der Waals surface area contributed by atoms with Gasteiger partial charge in [0.2, 0.25) is 5.91 Å². The van der Waals surface area contributed by atoms with Crippen molar-refractivity contribution < 1.29 is 4.79 Å². The second kappa shape index (κ2) is 6.90. The molecule has 0 radical (unpaired) electrons. The quantitative estimate of drug-likeness (QED) is 0.820. The van der Waals surface area contributed by atoms with Crippen LogP contribution in [-0.4, -0.2) is 49.1 Å². The minimum absolute atomic E-state index is 0.284. The highest BCUT2D eigenvalue weighted by Gasteiger charge is 2.32. The Balaban J connectivity index is 1.36. The molecule has 0 saturated carbocycles. The lowest BCUT2D eigenvalue weighted by Gasteiger charge is -2.35. The van der Waals surface area contributed by atoms with Gasteiger partial charge in [0.15, 0.2) is 0 Å². The Labute approximate surface area is 122 Å². The van der Waals surface area contributed by atoms with Crippen LogP contribution in [0.2, 0.25) is 0 Å². The van der Waals surface area contributed by atoms with E-state index in [4.69, 9.17) is 0 Å². The van der Waals surface area contributed by atoms with E-state index in [-0.39, 0.29) is 5.91 Å². The molecular formula is C16H29N3O. The molecule has 20 heavy (non-hydrogen) atoms. The molecule has 0 aliphatic carbocycles. The first-order valence-corrected chi connectivity index (χ1v) is 8.55. The molecule has 3 saturated heterocycles. The maximum Gasteiger partial charge on any atom is 0.220 e. The van der Waals surface area contributed by atoms with Crippen LogP contribution in [0.5, 0.6) is 0 Å². The minimum atomic E-state index is 0.284. The van der Waals surface area contributed by atoms with Crippen molar-refractivity contribution in [2.24, 2.45) is 5.92 Å². The van der Waals surface area contributed by atoms with Crippen LogP contribution in [0.4, 0.5) is 0 Å². The minimum Gasteiger partial charge on any atom is -0.353 e. The zero-order chi connectivity index (χ0) is 13.8.